The third-order valence-electron chi connectivity index (χ3n) is 6.58. The fourth-order valence-electron chi connectivity index (χ4n) is 4.39. The molecule has 0 saturated carbocycles. The van der Waals surface area contributed by atoms with Crippen LogP contribution >= 0.6 is 0 Å². The fourth-order valence-corrected chi connectivity index (χ4v) is 5.08. The van der Waals surface area contributed by atoms with Gasteiger partial charge in [0.05, 0.1) is 22.7 Å². The third kappa shape index (κ3) is 6.23. The third-order valence-corrected chi connectivity index (χ3v) is 7.67. The lowest BCUT2D eigenvalue weighted by atomic mass is 9.95. The second kappa shape index (κ2) is 10.9. The number of aromatic nitrogens is 1. The van der Waals surface area contributed by atoms with Crippen LogP contribution in [0.5, 0.6) is 0 Å². The molecule has 5 nitrogen and oxygen atoms in total. The van der Waals surface area contributed by atoms with Crippen LogP contribution in [0.25, 0.3) is 22.4 Å². The van der Waals surface area contributed by atoms with Crippen LogP contribution in [-0.2, 0) is 22.6 Å². The molecular weight excluding hydrogens is 563 g/mol. The molecular formula is C30H23F5N2O3S. The van der Waals surface area contributed by atoms with Gasteiger partial charge in [0.25, 0.3) is 5.56 Å². The SMILES string of the molecule is CC(C)c1cc(-c2cccc(-c3cc(C(F)(F)F)c(C#N)c(=O)n3Cc3ccc(F)cc3F)c2)cc(S(C)(=O)=O)c1. The van der Waals surface area contributed by atoms with Crippen LogP contribution in [0, 0.1) is 23.0 Å². The Morgan fingerprint density at radius 3 is 2.20 bits per heavy atom. The molecule has 0 bridgehead atoms. The average Bonchev–Trinajstić information content (AvgIpc) is 2.89. The van der Waals surface area contributed by atoms with E-state index < -0.39 is 50.9 Å². The molecule has 4 aromatic rings. The van der Waals surface area contributed by atoms with Crippen LogP contribution in [-0.4, -0.2) is 19.2 Å². The summed E-state index contributed by atoms with van der Waals surface area (Å²) in [5, 5.41) is 9.42. The Balaban J connectivity index is 2.00. The van der Waals surface area contributed by atoms with Gasteiger partial charge in [0.15, 0.2) is 9.84 Å². The number of alkyl halides is 3. The molecule has 0 fully saturated rings. The second-order valence-electron chi connectivity index (χ2n) is 9.85. The van der Waals surface area contributed by atoms with E-state index in [0.717, 1.165) is 28.5 Å². The van der Waals surface area contributed by atoms with Crippen LogP contribution in [0.3, 0.4) is 0 Å². The molecule has 3 aromatic carbocycles. The van der Waals surface area contributed by atoms with E-state index in [1.807, 2.05) is 13.8 Å². The van der Waals surface area contributed by atoms with Crippen molar-refractivity contribution in [3.05, 3.63) is 111 Å². The number of benzene rings is 3. The molecule has 0 saturated heterocycles. The monoisotopic (exact) mass is 586 g/mol. The van der Waals surface area contributed by atoms with E-state index in [1.54, 1.807) is 18.2 Å². The van der Waals surface area contributed by atoms with Crippen molar-refractivity contribution in [1.82, 2.24) is 4.57 Å². The molecule has 0 aliphatic heterocycles. The number of halogens is 5. The lowest BCUT2D eigenvalue weighted by molar-refractivity contribution is -0.137. The standard InChI is InChI=1S/C30H23F5N2O3S/c1-17(2)21-10-22(12-24(11-21)41(3,39)40)18-5-4-6-19(9-18)28-14-26(30(33,34)35)25(15-36)29(38)37(28)16-20-7-8-23(31)13-27(20)32/h4-14,17H,16H2,1-3H3. The molecule has 0 atom stereocenters. The summed E-state index contributed by atoms with van der Waals surface area (Å²) in [4.78, 5) is 13.3. The second-order valence-corrected chi connectivity index (χ2v) is 11.9. The summed E-state index contributed by atoms with van der Waals surface area (Å²) in [6.07, 6.45) is -3.98. The Hall–Kier alpha value is -4.30. The van der Waals surface area contributed by atoms with Gasteiger partial charge in [-0.25, -0.2) is 17.2 Å². The van der Waals surface area contributed by atoms with E-state index in [1.165, 1.54) is 30.3 Å². The molecule has 0 amide bonds. The van der Waals surface area contributed by atoms with Crippen molar-refractivity contribution in [2.75, 3.05) is 6.26 Å². The minimum atomic E-state index is -5.05. The first kappa shape index (κ1) is 29.7. The number of nitrogens with zero attached hydrogens (tertiary/aromatic N) is 2. The number of pyridine rings is 1. The van der Waals surface area contributed by atoms with Gasteiger partial charge in [-0.3, -0.25) is 4.79 Å². The van der Waals surface area contributed by atoms with Crippen molar-refractivity contribution >= 4 is 9.84 Å². The first-order valence-electron chi connectivity index (χ1n) is 12.2. The summed E-state index contributed by atoms with van der Waals surface area (Å²) in [5.41, 5.74) is -2.62. The normalized spacial score (nSPS) is 12.0. The summed E-state index contributed by atoms with van der Waals surface area (Å²) < 4.78 is 95.4. The predicted molar refractivity (Wildman–Crippen MR) is 144 cm³/mol. The number of hydrogen-bond donors (Lipinski definition) is 0. The highest BCUT2D eigenvalue weighted by molar-refractivity contribution is 7.90. The molecule has 41 heavy (non-hydrogen) atoms. The van der Waals surface area contributed by atoms with Crippen molar-refractivity contribution in [2.24, 2.45) is 0 Å². The Morgan fingerprint density at radius 1 is 0.927 bits per heavy atom. The van der Waals surface area contributed by atoms with Gasteiger partial charge in [0, 0.05) is 17.9 Å². The average molecular weight is 587 g/mol. The zero-order chi connectivity index (χ0) is 30.3. The van der Waals surface area contributed by atoms with E-state index in [2.05, 4.69) is 0 Å². The molecule has 11 heteroatoms. The Kier molecular flexibility index (Phi) is 7.91. The minimum absolute atomic E-state index is 0.0395. The number of hydrogen-bond acceptors (Lipinski definition) is 4. The summed E-state index contributed by atoms with van der Waals surface area (Å²) in [5.74, 6) is -1.94. The minimum Gasteiger partial charge on any atom is -0.303 e. The molecule has 0 unspecified atom stereocenters. The van der Waals surface area contributed by atoms with Gasteiger partial charge in [-0.15, -0.1) is 0 Å². The van der Waals surface area contributed by atoms with Gasteiger partial charge in [0.2, 0.25) is 0 Å². The Labute approximate surface area is 233 Å². The molecule has 0 radical (unpaired) electrons. The summed E-state index contributed by atoms with van der Waals surface area (Å²) in [6.45, 7) is 3.17. The molecule has 0 spiro atoms. The van der Waals surface area contributed by atoms with E-state index in [9.17, 15) is 40.4 Å². The molecule has 1 heterocycles. The van der Waals surface area contributed by atoms with Crippen LogP contribution < -0.4 is 5.56 Å². The molecule has 1 aromatic heterocycles. The number of nitriles is 1. The highest BCUT2D eigenvalue weighted by atomic mass is 32.2. The van der Waals surface area contributed by atoms with Gasteiger partial charge in [-0.05, 0) is 58.5 Å². The van der Waals surface area contributed by atoms with Crippen LogP contribution in [0.1, 0.15) is 42.0 Å². The molecule has 0 aliphatic rings. The molecule has 4 rings (SSSR count). The van der Waals surface area contributed by atoms with Gasteiger partial charge in [-0.2, -0.15) is 18.4 Å². The van der Waals surface area contributed by atoms with Gasteiger partial charge in [0.1, 0.15) is 23.3 Å². The van der Waals surface area contributed by atoms with E-state index in [0.29, 0.717) is 23.3 Å². The van der Waals surface area contributed by atoms with Crippen LogP contribution in [0.15, 0.2) is 76.4 Å². The van der Waals surface area contributed by atoms with Crippen LogP contribution in [0.2, 0.25) is 0 Å². The molecule has 212 valence electrons. The summed E-state index contributed by atoms with van der Waals surface area (Å²) >= 11 is 0. The van der Waals surface area contributed by atoms with Crippen molar-refractivity contribution in [3.63, 3.8) is 0 Å². The predicted octanol–water partition coefficient (Wildman–Crippen LogP) is 6.93. The van der Waals surface area contributed by atoms with Crippen molar-refractivity contribution in [3.8, 4) is 28.5 Å². The van der Waals surface area contributed by atoms with Crippen molar-refractivity contribution in [2.45, 2.75) is 37.4 Å². The van der Waals surface area contributed by atoms with Crippen molar-refractivity contribution < 1.29 is 30.4 Å². The number of sulfone groups is 1. The summed E-state index contributed by atoms with van der Waals surface area (Å²) in [7, 11) is -3.60. The fraction of sp³-hybridized carbons (Fsp3) is 0.200. The van der Waals surface area contributed by atoms with Gasteiger partial charge in [-0.1, -0.05) is 44.2 Å². The maximum atomic E-state index is 14.5. The topological polar surface area (TPSA) is 79.9 Å². The number of rotatable bonds is 6. The van der Waals surface area contributed by atoms with Crippen LogP contribution in [0.4, 0.5) is 22.0 Å². The lowest BCUT2D eigenvalue weighted by Gasteiger charge is -2.19. The maximum Gasteiger partial charge on any atom is 0.417 e. The Bertz CT molecular complexity index is 1870. The zero-order valence-corrected chi connectivity index (χ0v) is 22.9. The molecule has 0 aliphatic carbocycles. The van der Waals surface area contributed by atoms with E-state index in [-0.39, 0.29) is 27.6 Å². The van der Waals surface area contributed by atoms with E-state index in [4.69, 9.17) is 0 Å². The van der Waals surface area contributed by atoms with Crippen molar-refractivity contribution in [1.29, 1.82) is 5.26 Å². The van der Waals surface area contributed by atoms with Gasteiger partial charge >= 0.3 is 6.18 Å². The maximum absolute atomic E-state index is 14.5. The summed E-state index contributed by atoms with van der Waals surface area (Å²) in [6, 6.07) is 15.4. The van der Waals surface area contributed by atoms with Gasteiger partial charge < -0.3 is 4.57 Å². The zero-order valence-electron chi connectivity index (χ0n) is 22.1. The first-order valence-corrected chi connectivity index (χ1v) is 14.1. The van der Waals surface area contributed by atoms with E-state index >= 15 is 0 Å². The highest BCUT2D eigenvalue weighted by Gasteiger charge is 2.36. The smallest absolute Gasteiger partial charge is 0.303 e. The largest absolute Gasteiger partial charge is 0.417 e. The lowest BCUT2D eigenvalue weighted by Crippen LogP contribution is -2.29. The highest BCUT2D eigenvalue weighted by Crippen LogP contribution is 2.35. The quantitative estimate of drug-likeness (QED) is 0.230. The Morgan fingerprint density at radius 2 is 1.61 bits per heavy atom. The first-order chi connectivity index (χ1) is 19.1. The molecule has 0 N–H and O–H groups in total.